The average Bonchev–Trinajstić information content (AvgIpc) is 2.69. The molecule has 0 saturated heterocycles. The van der Waals surface area contributed by atoms with Gasteiger partial charge in [-0.05, 0) is 18.2 Å². The first-order valence-electron chi connectivity index (χ1n) is 8.58. The molecule has 0 saturated carbocycles. The van der Waals surface area contributed by atoms with Gasteiger partial charge in [0.15, 0.2) is 5.82 Å². The van der Waals surface area contributed by atoms with E-state index < -0.39 is 0 Å². The van der Waals surface area contributed by atoms with Crippen LogP contribution < -0.4 is 15.4 Å². The van der Waals surface area contributed by atoms with Crippen LogP contribution in [0.4, 0.5) is 0 Å². The van der Waals surface area contributed by atoms with Crippen LogP contribution in [0.3, 0.4) is 0 Å². The van der Waals surface area contributed by atoms with Crippen molar-refractivity contribution < 1.29 is 9.53 Å². The number of amides is 1. The summed E-state index contributed by atoms with van der Waals surface area (Å²) in [6.45, 7) is 8.63. The molecule has 0 bridgehead atoms. The van der Waals surface area contributed by atoms with Crippen molar-refractivity contribution in [3.05, 3.63) is 60.6 Å². The third kappa shape index (κ3) is 4.92. The van der Waals surface area contributed by atoms with E-state index in [1.165, 1.54) is 0 Å². The molecule has 1 aliphatic rings. The molecule has 2 heterocycles. The van der Waals surface area contributed by atoms with Gasteiger partial charge in [0.2, 0.25) is 5.91 Å². The number of carbonyl (C=O) groups is 1. The third-order valence-corrected chi connectivity index (χ3v) is 3.60. The van der Waals surface area contributed by atoms with Gasteiger partial charge in [-0.15, -0.1) is 0 Å². The van der Waals surface area contributed by atoms with Crippen LogP contribution >= 0.6 is 0 Å². The Morgan fingerprint density at radius 3 is 2.85 bits per heavy atom. The van der Waals surface area contributed by atoms with E-state index in [-0.39, 0.29) is 5.91 Å². The molecule has 6 nitrogen and oxygen atoms in total. The van der Waals surface area contributed by atoms with Crippen LogP contribution in [0.1, 0.15) is 26.0 Å². The fourth-order valence-corrected chi connectivity index (χ4v) is 2.39. The van der Waals surface area contributed by atoms with Crippen molar-refractivity contribution in [3.63, 3.8) is 0 Å². The monoisotopic (exact) mass is 352 g/mol. The molecule has 6 heteroatoms. The maximum atomic E-state index is 11.4. The summed E-state index contributed by atoms with van der Waals surface area (Å²) in [4.78, 5) is 20.3. The van der Waals surface area contributed by atoms with E-state index in [0.29, 0.717) is 23.8 Å². The van der Waals surface area contributed by atoms with E-state index in [0.717, 1.165) is 23.4 Å². The van der Waals surface area contributed by atoms with Crippen LogP contribution in [-0.2, 0) is 4.79 Å². The van der Waals surface area contributed by atoms with Crippen molar-refractivity contribution in [1.29, 1.82) is 0 Å². The van der Waals surface area contributed by atoms with E-state index in [2.05, 4.69) is 27.2 Å². The van der Waals surface area contributed by atoms with E-state index in [1.807, 2.05) is 38.1 Å². The molecule has 136 valence electrons. The topological polar surface area (TPSA) is 76.1 Å². The number of aromatic nitrogens is 2. The van der Waals surface area contributed by atoms with Crippen LogP contribution in [0, 0.1) is 0 Å². The summed E-state index contributed by atoms with van der Waals surface area (Å²) in [5.74, 6) is 1.23. The van der Waals surface area contributed by atoms with Gasteiger partial charge >= 0.3 is 0 Å². The Bertz CT molecular complexity index is 815. The van der Waals surface area contributed by atoms with Gasteiger partial charge < -0.3 is 15.4 Å². The summed E-state index contributed by atoms with van der Waals surface area (Å²) < 4.78 is 5.23. The van der Waals surface area contributed by atoms with Gasteiger partial charge in [-0.1, -0.05) is 32.6 Å². The van der Waals surface area contributed by atoms with E-state index in [4.69, 9.17) is 4.74 Å². The molecule has 1 aliphatic heterocycles. The second-order valence-electron chi connectivity index (χ2n) is 5.31. The lowest BCUT2D eigenvalue weighted by molar-refractivity contribution is -0.116. The SMILES string of the molecule is C=C(NC1=CC(=O)NCC1)c1ccnc(-c2cccc(OC)c2)n1.CC. The lowest BCUT2D eigenvalue weighted by Gasteiger charge is -2.17. The van der Waals surface area contributed by atoms with Gasteiger partial charge in [0, 0.05) is 36.5 Å². The van der Waals surface area contributed by atoms with Gasteiger partial charge in [-0.25, -0.2) is 9.97 Å². The highest BCUT2D eigenvalue weighted by Gasteiger charge is 2.11. The molecule has 3 rings (SSSR count). The summed E-state index contributed by atoms with van der Waals surface area (Å²) in [7, 11) is 1.62. The summed E-state index contributed by atoms with van der Waals surface area (Å²) in [6.07, 6.45) is 3.96. The molecule has 0 spiro atoms. The van der Waals surface area contributed by atoms with Crippen molar-refractivity contribution >= 4 is 11.6 Å². The largest absolute Gasteiger partial charge is 0.497 e. The Morgan fingerprint density at radius 1 is 1.31 bits per heavy atom. The second-order valence-corrected chi connectivity index (χ2v) is 5.31. The van der Waals surface area contributed by atoms with Gasteiger partial charge in [-0.3, -0.25) is 4.79 Å². The van der Waals surface area contributed by atoms with Crippen LogP contribution in [0.15, 0.2) is 54.9 Å². The molecule has 0 atom stereocenters. The lowest BCUT2D eigenvalue weighted by atomic mass is 10.2. The summed E-state index contributed by atoms with van der Waals surface area (Å²) in [6, 6.07) is 9.34. The summed E-state index contributed by atoms with van der Waals surface area (Å²) in [5, 5.41) is 5.90. The zero-order valence-electron chi connectivity index (χ0n) is 15.4. The van der Waals surface area contributed by atoms with Crippen LogP contribution in [0.2, 0.25) is 0 Å². The minimum atomic E-state index is -0.101. The quantitative estimate of drug-likeness (QED) is 0.864. The average molecular weight is 352 g/mol. The van der Waals surface area contributed by atoms with Crippen molar-refractivity contribution in [2.24, 2.45) is 0 Å². The van der Waals surface area contributed by atoms with Crippen molar-refractivity contribution in [1.82, 2.24) is 20.6 Å². The number of nitrogens with zero attached hydrogens (tertiary/aromatic N) is 2. The number of hydrogen-bond donors (Lipinski definition) is 2. The molecule has 1 amide bonds. The van der Waals surface area contributed by atoms with Crippen LogP contribution in [0.25, 0.3) is 17.1 Å². The number of benzene rings is 1. The molecule has 26 heavy (non-hydrogen) atoms. The van der Waals surface area contributed by atoms with Gasteiger partial charge in [0.05, 0.1) is 18.5 Å². The Balaban J connectivity index is 0.00000117. The van der Waals surface area contributed by atoms with Gasteiger partial charge in [-0.2, -0.15) is 0 Å². The zero-order chi connectivity index (χ0) is 18.9. The lowest BCUT2D eigenvalue weighted by Crippen LogP contribution is -2.30. The number of nitrogens with one attached hydrogen (secondary N) is 2. The Morgan fingerprint density at radius 2 is 2.12 bits per heavy atom. The van der Waals surface area contributed by atoms with Crippen molar-refractivity contribution in [3.8, 4) is 17.1 Å². The summed E-state index contributed by atoms with van der Waals surface area (Å²) >= 11 is 0. The molecular formula is C20H24N4O2. The van der Waals surface area contributed by atoms with E-state index in [9.17, 15) is 4.79 Å². The Labute approximate surface area is 154 Å². The maximum absolute atomic E-state index is 11.4. The first-order valence-corrected chi connectivity index (χ1v) is 8.58. The highest BCUT2D eigenvalue weighted by Crippen LogP contribution is 2.21. The zero-order valence-corrected chi connectivity index (χ0v) is 15.4. The fraction of sp³-hybridized carbons (Fsp3) is 0.250. The molecule has 0 radical (unpaired) electrons. The minimum absolute atomic E-state index is 0.101. The standard InChI is InChI=1S/C18H18N4O2.C2H6/c1-12(21-14-6-8-19-17(23)11-14)16-7-9-20-18(22-16)13-4-3-5-15(10-13)24-2;1-2/h3-5,7,9-11,21H,1,6,8H2,2H3,(H,19,23);1-2H3. The van der Waals surface area contributed by atoms with E-state index in [1.54, 1.807) is 25.4 Å². The third-order valence-electron chi connectivity index (χ3n) is 3.60. The normalized spacial score (nSPS) is 12.9. The predicted octanol–water partition coefficient (Wildman–Crippen LogP) is 3.14. The maximum Gasteiger partial charge on any atom is 0.245 e. The first-order chi connectivity index (χ1) is 12.7. The van der Waals surface area contributed by atoms with Gasteiger partial charge in [0.1, 0.15) is 5.75 Å². The van der Waals surface area contributed by atoms with Crippen molar-refractivity contribution in [2.45, 2.75) is 20.3 Å². The molecule has 0 fully saturated rings. The molecular weight excluding hydrogens is 328 g/mol. The Kier molecular flexibility index (Phi) is 6.91. The van der Waals surface area contributed by atoms with Crippen molar-refractivity contribution in [2.75, 3.05) is 13.7 Å². The molecule has 0 unspecified atom stereocenters. The van der Waals surface area contributed by atoms with E-state index >= 15 is 0 Å². The molecule has 1 aromatic heterocycles. The summed E-state index contributed by atoms with van der Waals surface area (Å²) in [5.41, 5.74) is 2.99. The number of hydrogen-bond acceptors (Lipinski definition) is 5. The minimum Gasteiger partial charge on any atom is -0.497 e. The van der Waals surface area contributed by atoms with Gasteiger partial charge in [0.25, 0.3) is 0 Å². The number of rotatable bonds is 5. The Hall–Kier alpha value is -3.15. The molecule has 0 aliphatic carbocycles. The first kappa shape index (κ1) is 19.2. The number of methoxy groups -OCH3 is 1. The number of carbonyl (C=O) groups excluding carboxylic acids is 1. The molecule has 1 aromatic carbocycles. The predicted molar refractivity (Wildman–Crippen MR) is 103 cm³/mol. The molecule has 2 N–H and O–H groups in total. The van der Waals surface area contributed by atoms with Crippen LogP contribution in [0.5, 0.6) is 5.75 Å². The number of ether oxygens (including phenoxy) is 1. The smallest absolute Gasteiger partial charge is 0.245 e. The highest BCUT2D eigenvalue weighted by atomic mass is 16.5. The highest BCUT2D eigenvalue weighted by molar-refractivity contribution is 5.89. The second kappa shape index (κ2) is 9.36. The fourth-order valence-electron chi connectivity index (χ4n) is 2.39. The molecule has 2 aromatic rings. The van der Waals surface area contributed by atoms with Crippen LogP contribution in [-0.4, -0.2) is 29.5 Å².